The summed E-state index contributed by atoms with van der Waals surface area (Å²) in [4.78, 5) is 0. The molecule has 2 rings (SSSR count). The molecule has 1 aromatic carbocycles. The highest BCUT2D eigenvalue weighted by molar-refractivity contribution is 7.80. The predicted octanol–water partition coefficient (Wildman–Crippen LogP) is 3.89. The van der Waals surface area contributed by atoms with Gasteiger partial charge in [-0.25, -0.2) is 0 Å². The first-order valence-electron chi connectivity index (χ1n) is 7.27. The Kier molecular flexibility index (Phi) is 4.81. The summed E-state index contributed by atoms with van der Waals surface area (Å²) in [7, 11) is 0. The average Bonchev–Trinajstić information content (AvgIpc) is 3.21. The molecular formula is C16H24N2S. The lowest BCUT2D eigenvalue weighted by atomic mass is 9.96. The maximum Gasteiger partial charge on any atom is 0.166 e. The van der Waals surface area contributed by atoms with Crippen molar-refractivity contribution < 1.29 is 0 Å². The van der Waals surface area contributed by atoms with Crippen LogP contribution in [0.2, 0.25) is 0 Å². The van der Waals surface area contributed by atoms with Crippen LogP contribution in [0, 0.1) is 0 Å². The Balaban J connectivity index is 1.90. The molecule has 0 amide bonds. The van der Waals surface area contributed by atoms with E-state index >= 15 is 0 Å². The molecule has 0 spiro atoms. The zero-order valence-corrected chi connectivity index (χ0v) is 12.9. The van der Waals surface area contributed by atoms with Crippen molar-refractivity contribution in [3.8, 4) is 0 Å². The van der Waals surface area contributed by atoms with Crippen molar-refractivity contribution in [1.29, 1.82) is 0 Å². The van der Waals surface area contributed by atoms with Crippen LogP contribution in [0.1, 0.15) is 63.1 Å². The summed E-state index contributed by atoms with van der Waals surface area (Å²) in [5, 5.41) is 7.44. The maximum absolute atomic E-state index is 5.31. The molecule has 104 valence electrons. The molecule has 2 unspecified atom stereocenters. The van der Waals surface area contributed by atoms with Gasteiger partial charge in [-0.05, 0) is 55.4 Å². The molecule has 1 aliphatic carbocycles. The lowest BCUT2D eigenvalue weighted by Crippen LogP contribution is -2.37. The van der Waals surface area contributed by atoms with Gasteiger partial charge in [-0.15, -0.1) is 0 Å². The molecule has 3 heteroatoms. The smallest absolute Gasteiger partial charge is 0.166 e. The van der Waals surface area contributed by atoms with Crippen LogP contribution in [0.3, 0.4) is 0 Å². The number of rotatable bonds is 5. The minimum atomic E-state index is 0.254. The van der Waals surface area contributed by atoms with Crippen LogP contribution < -0.4 is 10.6 Å². The standard InChI is InChI=1S/C16H24N2S/c1-4-11(2)13-5-7-14(8-6-13)12(3)17-16(19)18-15-9-10-15/h5-8,11-12,15H,4,9-10H2,1-3H3,(H2,17,18,19). The van der Waals surface area contributed by atoms with E-state index in [1.807, 2.05) is 0 Å². The van der Waals surface area contributed by atoms with E-state index in [1.54, 1.807) is 0 Å². The van der Waals surface area contributed by atoms with Crippen molar-refractivity contribution in [3.05, 3.63) is 35.4 Å². The molecule has 1 fully saturated rings. The lowest BCUT2D eigenvalue weighted by Gasteiger charge is -2.18. The molecule has 1 saturated carbocycles. The first-order chi connectivity index (χ1) is 9.10. The van der Waals surface area contributed by atoms with Crippen molar-refractivity contribution >= 4 is 17.3 Å². The van der Waals surface area contributed by atoms with Crippen molar-refractivity contribution in [1.82, 2.24) is 10.6 Å². The molecule has 0 heterocycles. The van der Waals surface area contributed by atoms with Crippen LogP contribution >= 0.6 is 12.2 Å². The molecule has 0 bridgehead atoms. The van der Waals surface area contributed by atoms with Crippen molar-refractivity contribution in [3.63, 3.8) is 0 Å². The van der Waals surface area contributed by atoms with Gasteiger partial charge >= 0.3 is 0 Å². The number of hydrogen-bond donors (Lipinski definition) is 2. The monoisotopic (exact) mass is 276 g/mol. The van der Waals surface area contributed by atoms with Crippen LogP contribution in [-0.4, -0.2) is 11.2 Å². The molecule has 19 heavy (non-hydrogen) atoms. The molecule has 2 atom stereocenters. The van der Waals surface area contributed by atoms with Gasteiger partial charge in [0.05, 0.1) is 6.04 Å². The Morgan fingerprint density at radius 3 is 2.32 bits per heavy atom. The molecule has 2 nitrogen and oxygen atoms in total. The summed E-state index contributed by atoms with van der Waals surface area (Å²) in [6.45, 7) is 6.65. The van der Waals surface area contributed by atoms with Crippen LogP contribution in [0.15, 0.2) is 24.3 Å². The van der Waals surface area contributed by atoms with E-state index < -0.39 is 0 Å². The van der Waals surface area contributed by atoms with Crippen LogP contribution in [-0.2, 0) is 0 Å². The largest absolute Gasteiger partial charge is 0.360 e. The molecular weight excluding hydrogens is 252 g/mol. The number of hydrogen-bond acceptors (Lipinski definition) is 1. The number of benzene rings is 1. The van der Waals surface area contributed by atoms with Crippen LogP contribution in [0.4, 0.5) is 0 Å². The van der Waals surface area contributed by atoms with Gasteiger partial charge in [0.25, 0.3) is 0 Å². The fraction of sp³-hybridized carbons (Fsp3) is 0.562. The predicted molar refractivity (Wildman–Crippen MR) is 85.5 cm³/mol. The summed E-state index contributed by atoms with van der Waals surface area (Å²) < 4.78 is 0. The Morgan fingerprint density at radius 2 is 1.79 bits per heavy atom. The fourth-order valence-electron chi connectivity index (χ4n) is 2.08. The van der Waals surface area contributed by atoms with E-state index in [-0.39, 0.29) is 6.04 Å². The van der Waals surface area contributed by atoms with Gasteiger partial charge in [0, 0.05) is 6.04 Å². The van der Waals surface area contributed by atoms with Gasteiger partial charge in [-0.1, -0.05) is 38.1 Å². The molecule has 1 aromatic rings. The number of nitrogens with one attached hydrogen (secondary N) is 2. The summed E-state index contributed by atoms with van der Waals surface area (Å²) >= 11 is 5.31. The zero-order valence-electron chi connectivity index (χ0n) is 12.1. The second-order valence-electron chi connectivity index (χ2n) is 5.59. The SMILES string of the molecule is CCC(C)c1ccc(C(C)NC(=S)NC2CC2)cc1. The minimum absolute atomic E-state index is 0.254. The molecule has 1 aliphatic rings. The second-order valence-corrected chi connectivity index (χ2v) is 6.00. The quantitative estimate of drug-likeness (QED) is 0.798. The summed E-state index contributed by atoms with van der Waals surface area (Å²) in [6, 6.07) is 9.75. The highest BCUT2D eigenvalue weighted by Crippen LogP contribution is 2.22. The van der Waals surface area contributed by atoms with E-state index in [0.29, 0.717) is 12.0 Å². The molecule has 0 radical (unpaired) electrons. The fourth-order valence-corrected chi connectivity index (χ4v) is 2.43. The summed E-state index contributed by atoms with van der Waals surface area (Å²) in [6.07, 6.45) is 3.68. The average molecular weight is 276 g/mol. The summed E-state index contributed by atoms with van der Waals surface area (Å²) in [5.41, 5.74) is 2.70. The summed E-state index contributed by atoms with van der Waals surface area (Å²) in [5.74, 6) is 0.634. The van der Waals surface area contributed by atoms with E-state index in [1.165, 1.54) is 30.4 Å². The van der Waals surface area contributed by atoms with Gasteiger partial charge in [-0.2, -0.15) is 0 Å². The Bertz CT molecular complexity index is 423. The van der Waals surface area contributed by atoms with Gasteiger partial charge in [-0.3, -0.25) is 0 Å². The third-order valence-corrected chi connectivity index (χ3v) is 4.11. The lowest BCUT2D eigenvalue weighted by molar-refractivity contribution is 0.693. The Hall–Kier alpha value is -1.09. The second kappa shape index (κ2) is 6.38. The van der Waals surface area contributed by atoms with Crippen LogP contribution in [0.5, 0.6) is 0 Å². The normalized spacial score (nSPS) is 17.6. The molecule has 0 aliphatic heterocycles. The maximum atomic E-state index is 5.31. The first kappa shape index (κ1) is 14.3. The molecule has 2 N–H and O–H groups in total. The van der Waals surface area contributed by atoms with E-state index in [2.05, 4.69) is 55.7 Å². The van der Waals surface area contributed by atoms with E-state index in [4.69, 9.17) is 12.2 Å². The topological polar surface area (TPSA) is 24.1 Å². The van der Waals surface area contributed by atoms with E-state index in [9.17, 15) is 0 Å². The van der Waals surface area contributed by atoms with Gasteiger partial charge in [0.2, 0.25) is 0 Å². The molecule has 0 saturated heterocycles. The van der Waals surface area contributed by atoms with Crippen molar-refractivity contribution in [2.45, 2.75) is 58.0 Å². The third-order valence-electron chi connectivity index (χ3n) is 3.88. The Labute approximate surface area is 122 Å². The van der Waals surface area contributed by atoms with E-state index in [0.717, 1.165) is 5.11 Å². The van der Waals surface area contributed by atoms with Crippen molar-refractivity contribution in [2.75, 3.05) is 0 Å². The Morgan fingerprint density at radius 1 is 1.21 bits per heavy atom. The third kappa shape index (κ3) is 4.20. The highest BCUT2D eigenvalue weighted by atomic mass is 32.1. The molecule has 0 aromatic heterocycles. The van der Waals surface area contributed by atoms with Crippen LogP contribution in [0.25, 0.3) is 0 Å². The van der Waals surface area contributed by atoms with Gasteiger partial charge in [0.15, 0.2) is 5.11 Å². The number of thiocarbonyl (C=S) groups is 1. The minimum Gasteiger partial charge on any atom is -0.360 e. The van der Waals surface area contributed by atoms with Crippen molar-refractivity contribution in [2.24, 2.45) is 0 Å². The van der Waals surface area contributed by atoms with Gasteiger partial charge in [0.1, 0.15) is 0 Å². The highest BCUT2D eigenvalue weighted by Gasteiger charge is 2.22. The first-order valence-corrected chi connectivity index (χ1v) is 7.67. The zero-order chi connectivity index (χ0) is 13.8. The van der Waals surface area contributed by atoms with Gasteiger partial charge < -0.3 is 10.6 Å².